The summed E-state index contributed by atoms with van der Waals surface area (Å²) < 4.78 is 18.0. The Morgan fingerprint density at radius 2 is 0.886 bits per heavy atom. The van der Waals surface area contributed by atoms with E-state index >= 15 is 0 Å². The Kier molecular flexibility index (Phi) is 19.4. The van der Waals surface area contributed by atoms with Crippen LogP contribution in [-0.2, 0) is 27.4 Å². The van der Waals surface area contributed by atoms with Crippen LogP contribution >= 0.6 is 0 Å². The third kappa shape index (κ3) is 14.3. The first-order chi connectivity index (χ1) is 33.3. The van der Waals surface area contributed by atoms with Crippen molar-refractivity contribution >= 4 is 33.5 Å². The topological polar surface area (TPSA) is 119 Å². The minimum atomic E-state index is -0.650. The molecule has 0 atom stereocenters. The van der Waals surface area contributed by atoms with Crippen molar-refractivity contribution in [2.45, 2.75) is 121 Å². The molecule has 0 amide bonds. The van der Waals surface area contributed by atoms with Crippen molar-refractivity contribution < 1.29 is 53.2 Å². The number of hydrogen-bond donors (Lipinski definition) is 1. The third-order valence-corrected chi connectivity index (χ3v) is 15.2. The van der Waals surface area contributed by atoms with E-state index < -0.39 is 5.97 Å². The van der Waals surface area contributed by atoms with Gasteiger partial charge in [-0.1, -0.05) is 97.1 Å². The second-order valence-electron chi connectivity index (χ2n) is 19.9. The summed E-state index contributed by atoms with van der Waals surface area (Å²) >= 11 is 0. The van der Waals surface area contributed by atoms with E-state index in [0.717, 1.165) is 102 Å². The predicted molar refractivity (Wildman–Crippen MR) is 274 cm³/mol. The minimum absolute atomic E-state index is 0. The molecule has 0 spiro atoms. The van der Waals surface area contributed by atoms with E-state index in [4.69, 9.17) is 14.2 Å². The summed E-state index contributed by atoms with van der Waals surface area (Å²) in [5, 5.41) is 14.1. The Balaban J connectivity index is 0.000000201. The van der Waals surface area contributed by atoms with Crippen molar-refractivity contribution in [2.24, 2.45) is 11.8 Å². The summed E-state index contributed by atoms with van der Waals surface area (Å²) in [6.07, 6.45) is 13.1. The number of likely N-dealkylation sites (tertiary alicyclic amines) is 2. The average molecular weight is 939 g/mol. The molecule has 6 aromatic carbocycles. The number of rotatable bonds is 13. The normalized spacial score (nSPS) is 21.3. The van der Waals surface area contributed by atoms with Gasteiger partial charge in [-0.2, -0.15) is 0 Å². The number of benzene rings is 6. The van der Waals surface area contributed by atoms with E-state index in [9.17, 15) is 14.7 Å². The maximum atomic E-state index is 12.0. The van der Waals surface area contributed by atoms with E-state index in [1.165, 1.54) is 69.5 Å². The van der Waals surface area contributed by atoms with Crippen LogP contribution in [0.3, 0.4) is 0 Å². The second-order valence-corrected chi connectivity index (χ2v) is 19.9. The van der Waals surface area contributed by atoms with Gasteiger partial charge in [-0.3, -0.25) is 19.4 Å². The molecular weight excluding hydrogens is 868 g/mol. The van der Waals surface area contributed by atoms with Crippen LogP contribution in [-0.4, -0.2) is 77.3 Å². The zero-order valence-corrected chi connectivity index (χ0v) is 41.4. The van der Waals surface area contributed by atoms with E-state index in [1.807, 2.05) is 6.92 Å². The van der Waals surface area contributed by atoms with Gasteiger partial charge in [-0.15, -0.1) is 0 Å². The van der Waals surface area contributed by atoms with Crippen LogP contribution in [0.15, 0.2) is 133 Å². The van der Waals surface area contributed by atoms with Gasteiger partial charge in [0.05, 0.1) is 30.7 Å². The Labute approximate surface area is 427 Å². The molecule has 4 fully saturated rings. The molecule has 4 aliphatic rings. The molecule has 2 N–H and O–H groups in total. The molecule has 10 heteroatoms. The maximum absolute atomic E-state index is 12.0. The summed E-state index contributed by atoms with van der Waals surface area (Å²) in [5.41, 5.74) is 5.53. The van der Waals surface area contributed by atoms with Crippen molar-refractivity contribution in [1.29, 1.82) is 0 Å². The number of carbonyl (C=O) groups excluding carboxylic acids is 1. The largest absolute Gasteiger partial charge is 1.00 e. The molecule has 364 valence electrons. The molecule has 0 bridgehead atoms. The standard InChI is InChI=1S/C31H37NO3.C29H33NO3.Li.H2O/c1-2-34-31(33)26-16-18-32(19-17-26)22-23-8-9-28-21-30(15-12-27(28)20-23)35-29-13-10-25(11-14-29)24-6-4-3-5-7-24;31-29(32)24-14-16-30(17-15-24)20-21-6-7-26-19-28(13-10-25(26)18-21)33-27-11-8-23(9-12-27)22-4-2-1-3-5-22;;/h3-9,12,15,20-21,25-26,29H,2,10-11,13-14,16-19,22H2,1H3;1-7,10,13,18-19,23-24,27H,8-9,11-12,14-17,20H2,(H,31,32);;1H2/q;;+1;/p-1. The van der Waals surface area contributed by atoms with E-state index in [0.29, 0.717) is 30.7 Å². The van der Waals surface area contributed by atoms with Crippen LogP contribution < -0.4 is 28.3 Å². The van der Waals surface area contributed by atoms with Crippen LogP contribution in [0.1, 0.15) is 118 Å². The fourth-order valence-electron chi connectivity index (χ4n) is 11.2. The molecule has 0 unspecified atom stereocenters. The number of fused-ring (bicyclic) bond motifs is 2. The van der Waals surface area contributed by atoms with E-state index in [-0.39, 0.29) is 42.1 Å². The maximum Gasteiger partial charge on any atom is 1.00 e. The molecule has 2 saturated carbocycles. The summed E-state index contributed by atoms with van der Waals surface area (Å²) in [6, 6.07) is 48.1. The van der Waals surface area contributed by atoms with Crippen LogP contribution in [0.2, 0.25) is 0 Å². The van der Waals surface area contributed by atoms with Gasteiger partial charge in [0.15, 0.2) is 0 Å². The Morgan fingerprint density at radius 3 is 1.29 bits per heavy atom. The number of ether oxygens (including phenoxy) is 3. The average Bonchev–Trinajstić information content (AvgIpc) is 3.38. The smallest absolute Gasteiger partial charge is 0.870 e. The number of piperidine rings is 2. The van der Waals surface area contributed by atoms with Crippen molar-refractivity contribution in [3.8, 4) is 11.5 Å². The molecule has 2 aliphatic carbocycles. The molecule has 2 heterocycles. The molecule has 2 saturated heterocycles. The SMILES string of the molecule is CCOC(=O)C1CCN(Cc2ccc3cc(OC4CCC(c5ccccc5)CC4)ccc3c2)CC1.O=C(O)C1CCN(Cc2ccc3cc(OC4CCC(c5ccccc5)CC4)ccc3c2)CC1.[Li+].[OH-]. The molecule has 70 heavy (non-hydrogen) atoms. The van der Waals surface area contributed by atoms with Crippen molar-refractivity contribution in [1.82, 2.24) is 9.80 Å². The first kappa shape index (κ1) is 52.7. The monoisotopic (exact) mass is 939 g/mol. The first-order valence-electron chi connectivity index (χ1n) is 25.6. The summed E-state index contributed by atoms with van der Waals surface area (Å²) in [4.78, 5) is 28.0. The van der Waals surface area contributed by atoms with Gasteiger partial charge in [-0.05, 0) is 202 Å². The number of carbonyl (C=O) groups is 2. The van der Waals surface area contributed by atoms with Gasteiger partial charge in [0.1, 0.15) is 11.5 Å². The van der Waals surface area contributed by atoms with Crippen molar-refractivity contribution in [3.63, 3.8) is 0 Å². The zero-order chi connectivity index (χ0) is 46.7. The molecule has 0 aromatic heterocycles. The van der Waals surface area contributed by atoms with E-state index in [2.05, 4.69) is 143 Å². The van der Waals surface area contributed by atoms with Crippen LogP contribution in [0.25, 0.3) is 21.5 Å². The van der Waals surface area contributed by atoms with Gasteiger partial charge in [0.25, 0.3) is 0 Å². The van der Waals surface area contributed by atoms with Crippen LogP contribution in [0, 0.1) is 11.8 Å². The van der Waals surface area contributed by atoms with Gasteiger partial charge in [0, 0.05) is 13.1 Å². The number of esters is 1. The number of hydrogen-bond acceptors (Lipinski definition) is 8. The van der Waals surface area contributed by atoms with Crippen LogP contribution in [0.5, 0.6) is 11.5 Å². The molecule has 10 rings (SSSR count). The summed E-state index contributed by atoms with van der Waals surface area (Å²) in [7, 11) is 0. The number of aliphatic carboxylic acids is 1. The van der Waals surface area contributed by atoms with Gasteiger partial charge < -0.3 is 24.8 Å². The molecule has 9 nitrogen and oxygen atoms in total. The van der Waals surface area contributed by atoms with Crippen molar-refractivity contribution in [2.75, 3.05) is 32.8 Å². The van der Waals surface area contributed by atoms with Gasteiger partial charge in [0.2, 0.25) is 0 Å². The quantitative estimate of drug-likeness (QED) is 0.0892. The molecular formula is C60H71LiN2O7. The molecule has 6 aromatic rings. The number of carboxylic acids is 1. The predicted octanol–water partition coefficient (Wildman–Crippen LogP) is 9.79. The van der Waals surface area contributed by atoms with Crippen molar-refractivity contribution in [3.05, 3.63) is 156 Å². The van der Waals surface area contributed by atoms with E-state index in [1.54, 1.807) is 0 Å². The Morgan fingerprint density at radius 1 is 0.500 bits per heavy atom. The summed E-state index contributed by atoms with van der Waals surface area (Å²) in [5.74, 6) is 2.49. The molecule has 0 radical (unpaired) electrons. The Bertz CT molecular complexity index is 2560. The van der Waals surface area contributed by atoms with Crippen LogP contribution in [0.4, 0.5) is 0 Å². The zero-order valence-electron chi connectivity index (χ0n) is 41.4. The number of carboxylic acid groups (broad SMARTS) is 1. The third-order valence-electron chi connectivity index (χ3n) is 15.2. The minimum Gasteiger partial charge on any atom is -0.870 e. The van der Waals surface area contributed by atoms with Gasteiger partial charge in [-0.25, -0.2) is 0 Å². The first-order valence-corrected chi connectivity index (χ1v) is 25.6. The number of nitrogens with zero attached hydrogens (tertiary/aromatic N) is 2. The fourth-order valence-corrected chi connectivity index (χ4v) is 11.2. The second kappa shape index (κ2) is 25.8. The van der Waals surface area contributed by atoms with Gasteiger partial charge >= 0.3 is 30.8 Å². The fraction of sp³-hybridized carbons (Fsp3) is 0.433. The molecule has 2 aliphatic heterocycles. The summed E-state index contributed by atoms with van der Waals surface area (Å²) in [6.45, 7) is 7.75. The Hall–Kier alpha value is -5.14.